The molecule has 6 heteroatoms. The number of nitrogens with zero attached hydrogens (tertiary/aromatic N) is 1. The van der Waals surface area contributed by atoms with Crippen LogP contribution < -0.4 is 10.2 Å². The molecule has 0 aliphatic heterocycles. The third-order valence-corrected chi connectivity index (χ3v) is 5.12. The maximum atomic E-state index is 12.8. The van der Waals surface area contributed by atoms with Crippen LogP contribution in [0.15, 0.2) is 66.7 Å². The fourth-order valence-electron chi connectivity index (χ4n) is 3.52. The fraction of sp³-hybridized carbons (Fsp3) is 0.261. The Morgan fingerprint density at radius 3 is 2.17 bits per heavy atom. The first-order valence-electron chi connectivity index (χ1n) is 9.67. The van der Waals surface area contributed by atoms with Crippen LogP contribution in [0.25, 0.3) is 0 Å². The summed E-state index contributed by atoms with van der Waals surface area (Å²) in [4.78, 5) is 38.5. The van der Waals surface area contributed by atoms with E-state index in [-0.39, 0.29) is 11.8 Å². The second-order valence-electron chi connectivity index (χ2n) is 6.95. The maximum Gasteiger partial charge on any atom is 0.307 e. The molecule has 1 aliphatic rings. The largest absolute Gasteiger partial charge is 0.481 e. The molecule has 0 aromatic heterocycles. The molecule has 0 bridgehead atoms. The van der Waals surface area contributed by atoms with Gasteiger partial charge in [0.15, 0.2) is 0 Å². The molecule has 0 heterocycles. The van der Waals surface area contributed by atoms with Gasteiger partial charge in [-0.1, -0.05) is 30.4 Å². The molecule has 6 nitrogen and oxygen atoms in total. The van der Waals surface area contributed by atoms with Crippen LogP contribution in [-0.4, -0.2) is 29.4 Å². The van der Waals surface area contributed by atoms with Crippen molar-refractivity contribution in [1.29, 1.82) is 0 Å². The summed E-state index contributed by atoms with van der Waals surface area (Å²) < 4.78 is 0. The van der Waals surface area contributed by atoms with Gasteiger partial charge >= 0.3 is 5.97 Å². The minimum Gasteiger partial charge on any atom is -0.481 e. The molecule has 150 valence electrons. The Labute approximate surface area is 169 Å². The standard InChI is InChI=1S/C23H24N2O4/c1-2-25(18-8-4-3-5-9-18)22(27)16-12-14-17(15-13-16)24-21(26)19-10-6-7-11-20(19)23(28)29/h3-9,12-15,19-20H,2,10-11H2,1H3,(H,24,26)(H,28,29)/t19-,20-/m0/s1. The highest BCUT2D eigenvalue weighted by molar-refractivity contribution is 6.06. The Morgan fingerprint density at radius 1 is 0.966 bits per heavy atom. The Bertz CT molecular complexity index is 906. The average molecular weight is 392 g/mol. The zero-order valence-electron chi connectivity index (χ0n) is 16.2. The van der Waals surface area contributed by atoms with Crippen LogP contribution in [0.4, 0.5) is 11.4 Å². The van der Waals surface area contributed by atoms with E-state index in [0.717, 1.165) is 5.69 Å². The van der Waals surface area contributed by atoms with Gasteiger partial charge in [0.25, 0.3) is 5.91 Å². The van der Waals surface area contributed by atoms with Gasteiger partial charge in [-0.3, -0.25) is 14.4 Å². The van der Waals surface area contributed by atoms with E-state index in [4.69, 9.17) is 0 Å². The first kappa shape index (κ1) is 20.3. The number of carboxylic acid groups (broad SMARTS) is 1. The molecule has 2 atom stereocenters. The lowest BCUT2D eigenvalue weighted by Gasteiger charge is -2.24. The number of allylic oxidation sites excluding steroid dienone is 2. The lowest BCUT2D eigenvalue weighted by molar-refractivity contribution is -0.146. The molecular weight excluding hydrogens is 368 g/mol. The zero-order chi connectivity index (χ0) is 20.8. The molecule has 0 spiro atoms. The maximum absolute atomic E-state index is 12.8. The van der Waals surface area contributed by atoms with E-state index < -0.39 is 17.8 Å². The second-order valence-corrected chi connectivity index (χ2v) is 6.95. The van der Waals surface area contributed by atoms with E-state index in [0.29, 0.717) is 30.6 Å². The lowest BCUT2D eigenvalue weighted by Crippen LogP contribution is -2.34. The van der Waals surface area contributed by atoms with Gasteiger partial charge in [-0.2, -0.15) is 0 Å². The quantitative estimate of drug-likeness (QED) is 0.729. The number of carbonyl (C=O) groups is 3. The van der Waals surface area contributed by atoms with Crippen LogP contribution in [0.1, 0.15) is 30.1 Å². The summed E-state index contributed by atoms with van der Waals surface area (Å²) >= 11 is 0. The number of rotatable bonds is 6. The molecule has 3 rings (SSSR count). The molecule has 0 radical (unpaired) electrons. The Morgan fingerprint density at radius 2 is 1.59 bits per heavy atom. The van der Waals surface area contributed by atoms with Crippen LogP contribution in [0, 0.1) is 11.8 Å². The molecule has 0 saturated heterocycles. The highest BCUT2D eigenvalue weighted by atomic mass is 16.4. The number of nitrogens with one attached hydrogen (secondary N) is 1. The summed E-state index contributed by atoms with van der Waals surface area (Å²) in [5.74, 6) is -2.73. The Balaban J connectivity index is 1.70. The SMILES string of the molecule is CCN(C(=O)c1ccc(NC(=O)[C@H]2CC=CC[C@@H]2C(=O)O)cc1)c1ccccc1. The van der Waals surface area contributed by atoms with Crippen LogP contribution in [0.3, 0.4) is 0 Å². The number of anilines is 2. The molecule has 0 fully saturated rings. The smallest absolute Gasteiger partial charge is 0.307 e. The summed E-state index contributed by atoms with van der Waals surface area (Å²) in [6, 6.07) is 16.1. The topological polar surface area (TPSA) is 86.7 Å². The molecule has 0 unspecified atom stereocenters. The van der Waals surface area contributed by atoms with E-state index in [9.17, 15) is 19.5 Å². The first-order chi connectivity index (χ1) is 14.0. The number of hydrogen-bond donors (Lipinski definition) is 2. The number of hydrogen-bond acceptors (Lipinski definition) is 3. The van der Waals surface area contributed by atoms with Gasteiger partial charge in [0, 0.05) is 23.5 Å². The van der Waals surface area contributed by atoms with Crippen LogP contribution >= 0.6 is 0 Å². The van der Waals surface area contributed by atoms with Crippen molar-refractivity contribution in [3.8, 4) is 0 Å². The fourth-order valence-corrected chi connectivity index (χ4v) is 3.52. The number of para-hydroxylation sites is 1. The highest BCUT2D eigenvalue weighted by Crippen LogP contribution is 2.27. The molecule has 2 amide bonds. The number of aliphatic carboxylic acids is 1. The van der Waals surface area contributed by atoms with Crippen molar-refractivity contribution >= 4 is 29.2 Å². The molecule has 1 aliphatic carbocycles. The van der Waals surface area contributed by atoms with Crippen molar-refractivity contribution in [2.75, 3.05) is 16.8 Å². The van der Waals surface area contributed by atoms with Gasteiger partial charge in [0.05, 0.1) is 11.8 Å². The minimum atomic E-state index is -0.962. The summed E-state index contributed by atoms with van der Waals surface area (Å²) in [5, 5.41) is 12.1. The van der Waals surface area contributed by atoms with E-state index in [1.165, 1.54) is 0 Å². The summed E-state index contributed by atoms with van der Waals surface area (Å²) in [6.07, 6.45) is 4.40. The summed E-state index contributed by atoms with van der Waals surface area (Å²) in [5.41, 5.74) is 1.87. The zero-order valence-corrected chi connectivity index (χ0v) is 16.2. The van der Waals surface area contributed by atoms with Crippen LogP contribution in [0.2, 0.25) is 0 Å². The van der Waals surface area contributed by atoms with E-state index in [1.54, 1.807) is 35.2 Å². The highest BCUT2D eigenvalue weighted by Gasteiger charge is 2.33. The monoisotopic (exact) mass is 392 g/mol. The van der Waals surface area contributed by atoms with Crippen molar-refractivity contribution < 1.29 is 19.5 Å². The molecule has 2 aromatic carbocycles. The number of carbonyl (C=O) groups excluding carboxylic acids is 2. The van der Waals surface area contributed by atoms with Gasteiger partial charge in [-0.25, -0.2) is 0 Å². The minimum absolute atomic E-state index is 0.125. The molecular formula is C23H24N2O4. The lowest BCUT2D eigenvalue weighted by atomic mass is 9.82. The number of benzene rings is 2. The summed E-state index contributed by atoms with van der Waals surface area (Å²) in [6.45, 7) is 2.45. The van der Waals surface area contributed by atoms with Crippen molar-refractivity contribution in [2.24, 2.45) is 11.8 Å². The van der Waals surface area contributed by atoms with Crippen LogP contribution in [0.5, 0.6) is 0 Å². The van der Waals surface area contributed by atoms with Gasteiger partial charge in [0.2, 0.25) is 5.91 Å². The predicted molar refractivity (Wildman–Crippen MR) is 112 cm³/mol. The van der Waals surface area contributed by atoms with Crippen molar-refractivity contribution in [3.05, 3.63) is 72.3 Å². The molecule has 2 N–H and O–H groups in total. The summed E-state index contributed by atoms with van der Waals surface area (Å²) in [7, 11) is 0. The predicted octanol–water partition coefficient (Wildman–Crippen LogP) is 3.96. The number of carboxylic acids is 1. The van der Waals surface area contributed by atoms with Crippen molar-refractivity contribution in [3.63, 3.8) is 0 Å². The van der Waals surface area contributed by atoms with E-state index >= 15 is 0 Å². The van der Waals surface area contributed by atoms with Gasteiger partial charge in [-0.05, 0) is 56.2 Å². The molecule has 2 aromatic rings. The van der Waals surface area contributed by atoms with E-state index in [1.807, 2.05) is 43.3 Å². The van der Waals surface area contributed by atoms with E-state index in [2.05, 4.69) is 5.32 Å². The van der Waals surface area contributed by atoms with Crippen LogP contribution in [-0.2, 0) is 9.59 Å². The van der Waals surface area contributed by atoms with Crippen molar-refractivity contribution in [2.45, 2.75) is 19.8 Å². The second kappa shape index (κ2) is 9.19. The van der Waals surface area contributed by atoms with Gasteiger partial charge in [0.1, 0.15) is 0 Å². The molecule has 29 heavy (non-hydrogen) atoms. The third-order valence-electron chi connectivity index (χ3n) is 5.12. The Hall–Kier alpha value is -3.41. The van der Waals surface area contributed by atoms with Gasteiger partial charge < -0.3 is 15.3 Å². The normalized spacial score (nSPS) is 18.1. The number of amides is 2. The Kier molecular flexibility index (Phi) is 6.44. The van der Waals surface area contributed by atoms with Crippen molar-refractivity contribution in [1.82, 2.24) is 0 Å². The molecule has 0 saturated carbocycles. The average Bonchev–Trinajstić information content (AvgIpc) is 2.75. The first-order valence-corrected chi connectivity index (χ1v) is 9.67. The third kappa shape index (κ3) is 4.71. The van der Waals surface area contributed by atoms with Gasteiger partial charge in [-0.15, -0.1) is 0 Å².